The van der Waals surface area contributed by atoms with Gasteiger partial charge in [-0.25, -0.2) is 8.42 Å². The Morgan fingerprint density at radius 1 is 0.786 bits per heavy atom. The Morgan fingerprint density at radius 2 is 1.36 bits per heavy atom. The van der Waals surface area contributed by atoms with Crippen LogP contribution in [0, 0.1) is 11.3 Å². The number of rotatable bonds is 17. The van der Waals surface area contributed by atoms with Gasteiger partial charge >= 0.3 is 0 Å². The summed E-state index contributed by atoms with van der Waals surface area (Å²) in [4.78, 5) is 38.6. The van der Waals surface area contributed by atoms with Gasteiger partial charge in [-0.05, 0) is 49.3 Å². The molecule has 4 N–H and O–H groups in total. The molecule has 9 heteroatoms. The molecular formula is C33H39N3O5S. The molecule has 0 aliphatic heterocycles. The van der Waals surface area contributed by atoms with Crippen molar-refractivity contribution in [1.29, 1.82) is 5.41 Å². The molecule has 3 aromatic carbocycles. The molecule has 0 fully saturated rings. The molecule has 0 aliphatic carbocycles. The first-order valence-electron chi connectivity index (χ1n) is 14.1. The van der Waals surface area contributed by atoms with Crippen LogP contribution in [0.25, 0.3) is 0 Å². The number of amidine groups is 1. The highest BCUT2D eigenvalue weighted by Gasteiger charge is 2.29. The van der Waals surface area contributed by atoms with Crippen molar-refractivity contribution in [2.24, 2.45) is 11.7 Å². The first-order chi connectivity index (χ1) is 20.0. The van der Waals surface area contributed by atoms with Gasteiger partial charge in [-0.3, -0.25) is 15.0 Å². The molecule has 1 amide bonds. The molecule has 222 valence electrons. The zero-order valence-corrected chi connectivity index (χ0v) is 24.7. The number of amides is 1. The second kappa shape index (κ2) is 15.8. The highest BCUT2D eigenvalue weighted by atomic mass is 32.2. The van der Waals surface area contributed by atoms with Crippen molar-refractivity contribution in [1.82, 2.24) is 5.32 Å². The number of benzene rings is 3. The van der Waals surface area contributed by atoms with Gasteiger partial charge in [0.05, 0.1) is 23.5 Å². The molecule has 2 atom stereocenters. The van der Waals surface area contributed by atoms with Crippen LogP contribution in [0.5, 0.6) is 0 Å². The minimum absolute atomic E-state index is 0.0442. The molecule has 0 radical (unpaired) electrons. The quantitative estimate of drug-likeness (QED) is 0.159. The topological polar surface area (TPSA) is 147 Å². The number of hydrogen-bond donors (Lipinski definition) is 3. The van der Waals surface area contributed by atoms with Gasteiger partial charge in [0.15, 0.2) is 15.6 Å². The number of Topliss-reactive ketones (excluding diaryl/α,β-unsaturated/α-hetero) is 2. The second-order valence-corrected chi connectivity index (χ2v) is 12.7. The first-order valence-corrected chi connectivity index (χ1v) is 15.9. The van der Waals surface area contributed by atoms with Crippen LogP contribution in [0.1, 0.15) is 54.9 Å². The average Bonchev–Trinajstić information content (AvgIpc) is 2.96. The zero-order chi connectivity index (χ0) is 30.5. The third-order valence-electron chi connectivity index (χ3n) is 7.09. The van der Waals surface area contributed by atoms with E-state index in [1.54, 1.807) is 48.5 Å². The molecule has 0 bridgehead atoms. The number of nitrogens with one attached hydrogen (secondary N) is 2. The Balaban J connectivity index is 1.74. The molecule has 3 rings (SSSR count). The SMILES string of the molecule is CC(=O)CC[C@H](NC(=O)[C@@H](CCc1ccccc1)CS(=O)(=O)Cc1ccccc1)C(=O)CCc1ccc(C(=N)N)cc1. The lowest BCUT2D eigenvalue weighted by atomic mass is 9.96. The van der Waals surface area contributed by atoms with Crippen molar-refractivity contribution >= 4 is 33.1 Å². The lowest BCUT2D eigenvalue weighted by Crippen LogP contribution is -2.45. The number of nitrogen functional groups attached to an aromatic ring is 1. The van der Waals surface area contributed by atoms with Crippen molar-refractivity contribution in [3.8, 4) is 0 Å². The molecule has 0 aromatic heterocycles. The molecule has 0 saturated heterocycles. The third kappa shape index (κ3) is 11.0. The Bertz CT molecular complexity index is 1460. The normalized spacial score (nSPS) is 12.7. The summed E-state index contributed by atoms with van der Waals surface area (Å²) in [5, 5.41) is 10.3. The predicted molar refractivity (Wildman–Crippen MR) is 165 cm³/mol. The molecule has 3 aromatic rings. The van der Waals surface area contributed by atoms with E-state index in [-0.39, 0.29) is 48.2 Å². The van der Waals surface area contributed by atoms with Crippen molar-refractivity contribution < 1.29 is 22.8 Å². The molecule has 42 heavy (non-hydrogen) atoms. The smallest absolute Gasteiger partial charge is 0.224 e. The number of nitrogens with two attached hydrogens (primary N) is 1. The molecule has 0 heterocycles. The minimum Gasteiger partial charge on any atom is -0.384 e. The van der Waals surface area contributed by atoms with E-state index in [0.717, 1.165) is 11.1 Å². The van der Waals surface area contributed by atoms with E-state index in [9.17, 15) is 22.8 Å². The van der Waals surface area contributed by atoms with Crippen LogP contribution in [-0.4, -0.2) is 43.5 Å². The third-order valence-corrected chi connectivity index (χ3v) is 8.78. The van der Waals surface area contributed by atoms with Crippen molar-refractivity contribution in [2.75, 3.05) is 5.75 Å². The van der Waals surface area contributed by atoms with Crippen LogP contribution in [0.2, 0.25) is 0 Å². The average molecular weight is 590 g/mol. The Hall–Kier alpha value is -4.11. The molecule has 0 aliphatic rings. The summed E-state index contributed by atoms with van der Waals surface area (Å²) >= 11 is 0. The Labute approximate surface area is 248 Å². The number of carbonyl (C=O) groups excluding carboxylic acids is 3. The summed E-state index contributed by atoms with van der Waals surface area (Å²) in [5.74, 6) is -2.28. The van der Waals surface area contributed by atoms with E-state index >= 15 is 0 Å². The van der Waals surface area contributed by atoms with Gasteiger partial charge in [0.25, 0.3) is 0 Å². The van der Waals surface area contributed by atoms with Gasteiger partial charge in [-0.2, -0.15) is 0 Å². The highest BCUT2D eigenvalue weighted by molar-refractivity contribution is 7.90. The van der Waals surface area contributed by atoms with Crippen LogP contribution >= 0.6 is 0 Å². The number of hydrogen-bond acceptors (Lipinski definition) is 6. The van der Waals surface area contributed by atoms with E-state index in [1.807, 2.05) is 36.4 Å². The number of ketones is 2. The van der Waals surface area contributed by atoms with Gasteiger partial charge < -0.3 is 15.8 Å². The molecule has 0 saturated carbocycles. The van der Waals surface area contributed by atoms with E-state index in [2.05, 4.69) is 5.32 Å². The first kappa shape index (κ1) is 32.4. The maximum absolute atomic E-state index is 13.6. The second-order valence-electron chi connectivity index (χ2n) is 10.6. The lowest BCUT2D eigenvalue weighted by molar-refractivity contribution is -0.130. The van der Waals surface area contributed by atoms with Crippen molar-refractivity contribution in [2.45, 2.75) is 57.2 Å². The summed E-state index contributed by atoms with van der Waals surface area (Å²) in [6.45, 7) is 1.43. The van der Waals surface area contributed by atoms with E-state index in [4.69, 9.17) is 11.1 Å². The molecular weight excluding hydrogens is 550 g/mol. The summed E-state index contributed by atoms with van der Waals surface area (Å²) in [7, 11) is -3.64. The number of carbonyl (C=O) groups is 3. The molecule has 8 nitrogen and oxygen atoms in total. The van der Waals surface area contributed by atoms with Crippen LogP contribution in [-0.2, 0) is 42.8 Å². The van der Waals surface area contributed by atoms with Crippen LogP contribution in [0.4, 0.5) is 0 Å². The van der Waals surface area contributed by atoms with Crippen LogP contribution < -0.4 is 11.1 Å². The van der Waals surface area contributed by atoms with Gasteiger partial charge in [0, 0.05) is 18.4 Å². The van der Waals surface area contributed by atoms with Gasteiger partial charge in [-0.15, -0.1) is 0 Å². The Morgan fingerprint density at radius 3 is 1.93 bits per heavy atom. The summed E-state index contributed by atoms with van der Waals surface area (Å²) in [5.41, 5.74) is 8.59. The van der Waals surface area contributed by atoms with Gasteiger partial charge in [0.1, 0.15) is 11.6 Å². The fourth-order valence-corrected chi connectivity index (χ4v) is 6.46. The van der Waals surface area contributed by atoms with E-state index < -0.39 is 27.7 Å². The largest absolute Gasteiger partial charge is 0.384 e. The van der Waals surface area contributed by atoms with Crippen LogP contribution in [0.15, 0.2) is 84.9 Å². The molecule has 0 unspecified atom stereocenters. The maximum Gasteiger partial charge on any atom is 0.224 e. The fourth-order valence-electron chi connectivity index (χ4n) is 4.71. The standard InChI is InChI=1S/C33H39N3O5S/c1-24(37)12-20-30(31(38)21-16-26-13-17-28(18-14-26)32(34)35)36-33(39)29(19-15-25-8-4-2-5-9-25)23-42(40,41)22-27-10-6-3-7-11-27/h2-11,13-14,17-18,29-30H,12,15-16,19-23H2,1H3,(H3,34,35)(H,36,39)/t29-,30-/m0/s1. The van der Waals surface area contributed by atoms with E-state index in [1.165, 1.54) is 6.92 Å². The summed E-state index contributed by atoms with van der Waals surface area (Å²) in [6, 6.07) is 24.5. The molecule has 0 spiro atoms. The summed E-state index contributed by atoms with van der Waals surface area (Å²) in [6.07, 6.45) is 1.59. The zero-order valence-electron chi connectivity index (χ0n) is 23.9. The van der Waals surface area contributed by atoms with Crippen LogP contribution in [0.3, 0.4) is 0 Å². The van der Waals surface area contributed by atoms with Gasteiger partial charge in [0.2, 0.25) is 5.91 Å². The summed E-state index contributed by atoms with van der Waals surface area (Å²) < 4.78 is 26.3. The predicted octanol–water partition coefficient (Wildman–Crippen LogP) is 4.19. The number of sulfone groups is 1. The monoisotopic (exact) mass is 589 g/mol. The number of aryl methyl sites for hydroxylation is 2. The Kier molecular flexibility index (Phi) is 12.2. The maximum atomic E-state index is 13.6. The fraction of sp³-hybridized carbons (Fsp3) is 0.333. The van der Waals surface area contributed by atoms with Gasteiger partial charge in [-0.1, -0.05) is 84.9 Å². The van der Waals surface area contributed by atoms with Crippen molar-refractivity contribution in [3.63, 3.8) is 0 Å². The lowest BCUT2D eigenvalue weighted by Gasteiger charge is -2.22. The van der Waals surface area contributed by atoms with E-state index in [0.29, 0.717) is 30.4 Å². The van der Waals surface area contributed by atoms with Crippen molar-refractivity contribution in [3.05, 3.63) is 107 Å². The highest BCUT2D eigenvalue weighted by Crippen LogP contribution is 2.18. The minimum atomic E-state index is -3.64.